The molecule has 1 N–H and O–H groups in total. The minimum absolute atomic E-state index is 0.124. The molecule has 0 radical (unpaired) electrons. The van der Waals surface area contributed by atoms with Crippen molar-refractivity contribution < 1.29 is 5.11 Å². The Balaban J connectivity index is 0. The lowest BCUT2D eigenvalue weighted by molar-refractivity contribution is 0.116. The second-order valence-electron chi connectivity index (χ2n) is 3.56. The maximum Gasteiger partial charge on any atom is 0.0667 e. The topological polar surface area (TPSA) is 23.5 Å². The zero-order valence-electron chi connectivity index (χ0n) is 10.7. The predicted molar refractivity (Wildman–Crippen MR) is 64.7 cm³/mol. The third-order valence-corrected chi connectivity index (χ3v) is 2.02. The Labute approximate surface area is 90.3 Å². The van der Waals surface area contributed by atoms with Crippen molar-refractivity contribution in [2.45, 2.75) is 59.5 Å². The highest BCUT2D eigenvalue weighted by Gasteiger charge is 2.05. The van der Waals surface area contributed by atoms with Crippen LogP contribution in [0.2, 0.25) is 0 Å². The smallest absolute Gasteiger partial charge is 0.0667 e. The molecule has 2 nitrogen and oxygen atoms in total. The Morgan fingerprint density at radius 2 is 1.71 bits per heavy atom. The summed E-state index contributed by atoms with van der Waals surface area (Å²) < 4.78 is 0. The Bertz CT molecular complexity index is 96.3. The van der Waals surface area contributed by atoms with Gasteiger partial charge in [-0.05, 0) is 26.4 Å². The minimum atomic E-state index is -0.124. The minimum Gasteiger partial charge on any atom is -0.392 e. The van der Waals surface area contributed by atoms with Crippen LogP contribution in [0.3, 0.4) is 0 Å². The van der Waals surface area contributed by atoms with E-state index in [0.29, 0.717) is 0 Å². The van der Waals surface area contributed by atoms with Crippen LogP contribution in [0.25, 0.3) is 0 Å². The molecule has 0 heterocycles. The van der Waals surface area contributed by atoms with Crippen LogP contribution >= 0.6 is 0 Å². The Morgan fingerprint density at radius 3 is 2.14 bits per heavy atom. The molecule has 1 atom stereocenters. The molecule has 0 aliphatic heterocycles. The van der Waals surface area contributed by atoms with E-state index in [9.17, 15) is 5.11 Å². The van der Waals surface area contributed by atoms with E-state index in [2.05, 4.69) is 25.8 Å². The van der Waals surface area contributed by atoms with Crippen LogP contribution in [0.1, 0.15) is 53.4 Å². The van der Waals surface area contributed by atoms with Gasteiger partial charge < -0.3 is 10.0 Å². The molecule has 14 heavy (non-hydrogen) atoms. The fourth-order valence-corrected chi connectivity index (χ4v) is 1.36. The number of aliphatic hydroxyl groups excluding tert-OH is 1. The quantitative estimate of drug-likeness (QED) is 0.688. The number of likely N-dealkylation sites (N-methyl/N-ethyl adjacent to an activating group) is 1. The highest BCUT2D eigenvalue weighted by atomic mass is 16.3. The van der Waals surface area contributed by atoms with E-state index < -0.39 is 0 Å². The highest BCUT2D eigenvalue weighted by molar-refractivity contribution is 4.60. The number of unbranched alkanes of at least 4 members (excludes halogenated alkanes) is 1. The summed E-state index contributed by atoms with van der Waals surface area (Å²) in [6.45, 7) is 10.2. The molecule has 0 rings (SSSR count). The molecule has 0 aliphatic carbocycles. The van der Waals surface area contributed by atoms with E-state index >= 15 is 0 Å². The number of rotatable bonds is 7. The second-order valence-corrected chi connectivity index (χ2v) is 3.56. The molecule has 0 aromatic carbocycles. The maximum atomic E-state index is 9.54. The summed E-state index contributed by atoms with van der Waals surface area (Å²) in [5.74, 6) is 0. The van der Waals surface area contributed by atoms with Crippen molar-refractivity contribution >= 4 is 0 Å². The monoisotopic (exact) mass is 203 g/mol. The normalized spacial score (nSPS) is 12.2. The number of nitrogens with zero attached hydrogens (tertiary/aromatic N) is 1. The molecule has 2 heteroatoms. The standard InChI is InChI=1S/C10H23NO.C2H6/c1-4-6-7-10(12)9-11(3)8-5-2;1-2/h10,12H,4-9H2,1-3H3;1-2H3. The van der Waals surface area contributed by atoms with Gasteiger partial charge in [0.1, 0.15) is 0 Å². The molecule has 0 bridgehead atoms. The summed E-state index contributed by atoms with van der Waals surface area (Å²) >= 11 is 0. The Kier molecular flexibility index (Phi) is 15.1. The van der Waals surface area contributed by atoms with Gasteiger partial charge in [-0.25, -0.2) is 0 Å². The van der Waals surface area contributed by atoms with Gasteiger partial charge in [0.05, 0.1) is 6.10 Å². The molecule has 1 unspecified atom stereocenters. The van der Waals surface area contributed by atoms with E-state index in [1.54, 1.807) is 0 Å². The van der Waals surface area contributed by atoms with Crippen molar-refractivity contribution in [1.29, 1.82) is 0 Å². The molecule has 0 fully saturated rings. The molecular formula is C12H29NO. The van der Waals surface area contributed by atoms with Gasteiger partial charge >= 0.3 is 0 Å². The van der Waals surface area contributed by atoms with E-state index in [4.69, 9.17) is 0 Å². The lowest BCUT2D eigenvalue weighted by atomic mass is 10.1. The van der Waals surface area contributed by atoms with Gasteiger partial charge in [-0.3, -0.25) is 0 Å². The largest absolute Gasteiger partial charge is 0.392 e. The van der Waals surface area contributed by atoms with Crippen LogP contribution in [-0.2, 0) is 0 Å². The zero-order valence-corrected chi connectivity index (χ0v) is 10.7. The van der Waals surface area contributed by atoms with E-state index in [-0.39, 0.29) is 6.10 Å². The molecule has 0 amide bonds. The van der Waals surface area contributed by atoms with Gasteiger partial charge in [-0.1, -0.05) is 40.5 Å². The third kappa shape index (κ3) is 11.9. The van der Waals surface area contributed by atoms with Crippen LogP contribution in [-0.4, -0.2) is 36.2 Å². The summed E-state index contributed by atoms with van der Waals surface area (Å²) in [5.41, 5.74) is 0. The number of hydrogen-bond donors (Lipinski definition) is 1. The van der Waals surface area contributed by atoms with Gasteiger partial charge in [-0.15, -0.1) is 0 Å². The first-order chi connectivity index (χ1) is 6.70. The summed E-state index contributed by atoms with van der Waals surface area (Å²) in [4.78, 5) is 2.19. The highest BCUT2D eigenvalue weighted by Crippen LogP contribution is 2.01. The molecule has 0 aromatic rings. The maximum absolute atomic E-state index is 9.54. The number of hydrogen-bond acceptors (Lipinski definition) is 2. The van der Waals surface area contributed by atoms with Crippen molar-refractivity contribution in [3.05, 3.63) is 0 Å². The first-order valence-electron chi connectivity index (χ1n) is 6.07. The summed E-state index contributed by atoms with van der Waals surface area (Å²) in [7, 11) is 2.07. The van der Waals surface area contributed by atoms with Gasteiger partial charge in [0.15, 0.2) is 0 Å². The lowest BCUT2D eigenvalue weighted by Crippen LogP contribution is -2.29. The molecule has 0 saturated heterocycles. The fourth-order valence-electron chi connectivity index (χ4n) is 1.36. The van der Waals surface area contributed by atoms with Crippen molar-refractivity contribution in [2.24, 2.45) is 0 Å². The van der Waals surface area contributed by atoms with Gasteiger partial charge in [0, 0.05) is 6.54 Å². The van der Waals surface area contributed by atoms with Crippen molar-refractivity contribution in [3.63, 3.8) is 0 Å². The van der Waals surface area contributed by atoms with E-state index in [1.165, 1.54) is 6.42 Å². The van der Waals surface area contributed by atoms with Gasteiger partial charge in [0.2, 0.25) is 0 Å². The van der Waals surface area contributed by atoms with Crippen molar-refractivity contribution in [1.82, 2.24) is 4.90 Å². The van der Waals surface area contributed by atoms with Crippen LogP contribution in [0.15, 0.2) is 0 Å². The Hall–Kier alpha value is -0.0800. The molecule has 0 aromatic heterocycles. The van der Waals surface area contributed by atoms with Gasteiger partial charge in [0.25, 0.3) is 0 Å². The zero-order chi connectivity index (χ0) is 11.4. The lowest BCUT2D eigenvalue weighted by Gasteiger charge is -2.19. The van der Waals surface area contributed by atoms with E-state index in [0.717, 1.165) is 32.4 Å². The van der Waals surface area contributed by atoms with Crippen molar-refractivity contribution in [2.75, 3.05) is 20.1 Å². The van der Waals surface area contributed by atoms with Crippen molar-refractivity contribution in [3.8, 4) is 0 Å². The third-order valence-electron chi connectivity index (χ3n) is 2.02. The molecule has 88 valence electrons. The van der Waals surface area contributed by atoms with E-state index in [1.807, 2.05) is 13.8 Å². The summed E-state index contributed by atoms with van der Waals surface area (Å²) in [6.07, 6.45) is 4.30. The average molecular weight is 203 g/mol. The Morgan fingerprint density at radius 1 is 1.14 bits per heavy atom. The van der Waals surface area contributed by atoms with Crippen LogP contribution in [0.5, 0.6) is 0 Å². The summed E-state index contributed by atoms with van der Waals surface area (Å²) in [5, 5.41) is 9.54. The first kappa shape index (κ1) is 16.4. The predicted octanol–water partition coefficient (Wildman–Crippen LogP) is 2.91. The van der Waals surface area contributed by atoms with Crippen LogP contribution < -0.4 is 0 Å². The SMILES string of the molecule is CC.CCCCC(O)CN(C)CCC. The van der Waals surface area contributed by atoms with Gasteiger partial charge in [-0.2, -0.15) is 0 Å². The second kappa shape index (κ2) is 12.9. The average Bonchev–Trinajstić information content (AvgIpc) is 2.18. The summed E-state index contributed by atoms with van der Waals surface area (Å²) in [6, 6.07) is 0. The van der Waals surface area contributed by atoms with Crippen LogP contribution in [0, 0.1) is 0 Å². The molecule has 0 saturated carbocycles. The fraction of sp³-hybridized carbons (Fsp3) is 1.00. The van der Waals surface area contributed by atoms with Crippen LogP contribution in [0.4, 0.5) is 0 Å². The molecular weight excluding hydrogens is 174 g/mol. The first-order valence-corrected chi connectivity index (χ1v) is 6.07. The molecule has 0 aliphatic rings. The number of aliphatic hydroxyl groups is 1. The molecule has 0 spiro atoms.